The zero-order valence-corrected chi connectivity index (χ0v) is 16.7. The predicted octanol–water partition coefficient (Wildman–Crippen LogP) is 2.02. The first-order valence-corrected chi connectivity index (χ1v) is 9.49. The molecule has 0 spiro atoms. The zero-order valence-electron chi connectivity index (χ0n) is 16.7. The van der Waals surface area contributed by atoms with Gasteiger partial charge in [-0.1, -0.05) is 6.42 Å². The van der Waals surface area contributed by atoms with Crippen molar-refractivity contribution in [1.82, 2.24) is 15.1 Å². The van der Waals surface area contributed by atoms with Gasteiger partial charge in [0.25, 0.3) is 0 Å². The van der Waals surface area contributed by atoms with Crippen molar-refractivity contribution < 1.29 is 14.3 Å². The van der Waals surface area contributed by atoms with Crippen LogP contribution in [0.3, 0.4) is 0 Å². The number of rotatable bonds is 8. The molecule has 1 aliphatic rings. The number of hydrogen-bond donors (Lipinski definition) is 1. The van der Waals surface area contributed by atoms with Crippen LogP contribution in [0.2, 0.25) is 0 Å². The Kier molecular flexibility index (Phi) is 9.60. The summed E-state index contributed by atoms with van der Waals surface area (Å²) in [4.78, 5) is 28.2. The lowest BCUT2D eigenvalue weighted by Crippen LogP contribution is -2.51. The van der Waals surface area contributed by atoms with Crippen molar-refractivity contribution >= 4 is 12.0 Å². The first-order chi connectivity index (χ1) is 12.8. The third-order valence-electron chi connectivity index (χ3n) is 4.31. The smallest absolute Gasteiger partial charge is 0.407 e. The zero-order chi connectivity index (χ0) is 20.3. The van der Waals surface area contributed by atoms with Crippen LogP contribution in [0, 0.1) is 22.7 Å². The van der Waals surface area contributed by atoms with E-state index in [1.807, 2.05) is 32.9 Å². The molecule has 0 aromatic carbocycles. The minimum atomic E-state index is -0.547. The maximum absolute atomic E-state index is 12.6. The molecule has 0 unspecified atom stereocenters. The number of carbonyl (C=O) groups is 2. The van der Waals surface area contributed by atoms with Crippen LogP contribution < -0.4 is 5.32 Å². The highest BCUT2D eigenvalue weighted by Crippen LogP contribution is 2.17. The Balaban J connectivity index is 2.60. The fourth-order valence-corrected chi connectivity index (χ4v) is 3.02. The van der Waals surface area contributed by atoms with E-state index < -0.39 is 11.7 Å². The van der Waals surface area contributed by atoms with Crippen LogP contribution in [-0.2, 0) is 9.53 Å². The topological polar surface area (TPSA) is 109 Å². The Hall–Kier alpha value is -2.32. The van der Waals surface area contributed by atoms with Gasteiger partial charge in [-0.2, -0.15) is 10.5 Å². The summed E-state index contributed by atoms with van der Waals surface area (Å²) in [6.45, 7) is 7.57. The number of alkyl carbamates (subject to hydrolysis) is 1. The summed E-state index contributed by atoms with van der Waals surface area (Å²) >= 11 is 0. The molecule has 0 saturated carbocycles. The maximum atomic E-state index is 12.6. The summed E-state index contributed by atoms with van der Waals surface area (Å²) in [6, 6.07) is 4.16. The highest BCUT2D eigenvalue weighted by Gasteiger charge is 2.27. The Bertz CT molecular complexity index is 555. The van der Waals surface area contributed by atoms with Gasteiger partial charge in [-0.05, 0) is 40.2 Å². The van der Waals surface area contributed by atoms with E-state index in [9.17, 15) is 9.59 Å². The number of nitrogens with zero attached hydrogens (tertiary/aromatic N) is 4. The quantitative estimate of drug-likeness (QED) is 0.693. The van der Waals surface area contributed by atoms with E-state index in [4.69, 9.17) is 15.3 Å². The second-order valence-corrected chi connectivity index (χ2v) is 7.70. The van der Waals surface area contributed by atoms with E-state index in [0.29, 0.717) is 19.6 Å². The van der Waals surface area contributed by atoms with Crippen molar-refractivity contribution in [1.29, 1.82) is 10.5 Å². The van der Waals surface area contributed by atoms with Gasteiger partial charge in [0.05, 0.1) is 31.5 Å². The molecular weight excluding hydrogens is 346 g/mol. The molecule has 8 heteroatoms. The van der Waals surface area contributed by atoms with Crippen LogP contribution in [0.4, 0.5) is 4.79 Å². The fraction of sp³-hybridized carbons (Fsp3) is 0.789. The maximum Gasteiger partial charge on any atom is 0.407 e. The van der Waals surface area contributed by atoms with Crippen molar-refractivity contribution in [3.8, 4) is 12.1 Å². The summed E-state index contributed by atoms with van der Waals surface area (Å²) < 4.78 is 5.27. The molecule has 1 saturated heterocycles. The highest BCUT2D eigenvalue weighted by molar-refractivity contribution is 5.78. The molecule has 0 aliphatic carbocycles. The summed E-state index contributed by atoms with van der Waals surface area (Å²) in [5, 5.41) is 20.3. The lowest BCUT2D eigenvalue weighted by molar-refractivity contribution is -0.133. The number of piperidine rings is 1. The Labute approximate surface area is 162 Å². The number of likely N-dealkylation sites (tertiary alicyclic amines) is 1. The number of carbonyl (C=O) groups excluding carboxylic acids is 2. The molecule has 1 N–H and O–H groups in total. The van der Waals surface area contributed by atoms with Gasteiger partial charge in [0, 0.05) is 25.7 Å². The first kappa shape index (κ1) is 22.7. The van der Waals surface area contributed by atoms with Gasteiger partial charge in [-0.15, -0.1) is 0 Å². The summed E-state index contributed by atoms with van der Waals surface area (Å²) in [5.41, 5.74) is -0.547. The number of nitrogens with one attached hydrogen (secondary N) is 1. The molecule has 1 fully saturated rings. The van der Waals surface area contributed by atoms with E-state index in [0.717, 1.165) is 25.8 Å². The Morgan fingerprint density at radius 3 is 2.37 bits per heavy atom. The molecule has 1 aliphatic heterocycles. The summed E-state index contributed by atoms with van der Waals surface area (Å²) in [6.07, 6.45) is 3.01. The van der Waals surface area contributed by atoms with Crippen LogP contribution in [0.1, 0.15) is 52.9 Å². The molecule has 1 heterocycles. The standard InChI is InChI=1S/C19H31N5O3/c1-19(2,3)27-18(26)22-14-16-8-4-5-11-24(16)15-17(25)23(12-6-9-20)13-7-10-21/h16H,4-8,11-15H2,1-3H3,(H,22,26)/t16-/m1/s1. The van der Waals surface area contributed by atoms with Crippen molar-refractivity contribution in [2.45, 2.75) is 64.5 Å². The molecular formula is C19H31N5O3. The predicted molar refractivity (Wildman–Crippen MR) is 100 cm³/mol. The molecule has 150 valence electrons. The SMILES string of the molecule is CC(C)(C)OC(=O)NC[C@H]1CCCCN1CC(=O)N(CCC#N)CCC#N. The fourth-order valence-electron chi connectivity index (χ4n) is 3.02. The number of amides is 2. The molecule has 0 bridgehead atoms. The average Bonchev–Trinajstić information content (AvgIpc) is 2.59. The second kappa shape index (κ2) is 11.4. The van der Waals surface area contributed by atoms with Crippen molar-refractivity contribution in [2.75, 3.05) is 32.7 Å². The van der Waals surface area contributed by atoms with Crippen molar-refractivity contribution in [2.24, 2.45) is 0 Å². The molecule has 0 aromatic heterocycles. The van der Waals surface area contributed by atoms with Crippen LogP contribution >= 0.6 is 0 Å². The van der Waals surface area contributed by atoms with E-state index in [1.165, 1.54) is 0 Å². The first-order valence-electron chi connectivity index (χ1n) is 9.49. The van der Waals surface area contributed by atoms with Gasteiger partial charge < -0.3 is 15.0 Å². The van der Waals surface area contributed by atoms with E-state index >= 15 is 0 Å². The van der Waals surface area contributed by atoms with Crippen molar-refractivity contribution in [3.05, 3.63) is 0 Å². The third-order valence-corrected chi connectivity index (χ3v) is 4.31. The molecule has 0 radical (unpaired) electrons. The molecule has 0 aromatic rings. The van der Waals surface area contributed by atoms with Gasteiger partial charge in [0.1, 0.15) is 5.60 Å². The summed E-state index contributed by atoms with van der Waals surface area (Å²) in [5.74, 6) is -0.0790. The van der Waals surface area contributed by atoms with Crippen LogP contribution in [0.15, 0.2) is 0 Å². The van der Waals surface area contributed by atoms with E-state index in [2.05, 4.69) is 10.2 Å². The number of ether oxygens (including phenoxy) is 1. The highest BCUT2D eigenvalue weighted by atomic mass is 16.6. The largest absolute Gasteiger partial charge is 0.444 e. The normalized spacial score (nSPS) is 17.4. The third kappa shape index (κ3) is 9.25. The lowest BCUT2D eigenvalue weighted by Gasteiger charge is -2.36. The van der Waals surface area contributed by atoms with Crippen LogP contribution in [-0.4, -0.2) is 66.2 Å². The van der Waals surface area contributed by atoms with Crippen LogP contribution in [0.25, 0.3) is 0 Å². The van der Waals surface area contributed by atoms with Gasteiger partial charge in [0.2, 0.25) is 5.91 Å². The molecule has 1 atom stereocenters. The minimum absolute atomic E-state index is 0.0731. The van der Waals surface area contributed by atoms with Crippen molar-refractivity contribution in [3.63, 3.8) is 0 Å². The van der Waals surface area contributed by atoms with Crippen LogP contribution in [0.5, 0.6) is 0 Å². The van der Waals surface area contributed by atoms with E-state index in [1.54, 1.807) is 4.90 Å². The summed E-state index contributed by atoms with van der Waals surface area (Å²) in [7, 11) is 0. The van der Waals surface area contributed by atoms with E-state index in [-0.39, 0.29) is 31.3 Å². The molecule has 27 heavy (non-hydrogen) atoms. The van der Waals surface area contributed by atoms with Gasteiger partial charge >= 0.3 is 6.09 Å². The number of hydrogen-bond acceptors (Lipinski definition) is 6. The second-order valence-electron chi connectivity index (χ2n) is 7.70. The number of nitriles is 2. The average molecular weight is 377 g/mol. The molecule has 2 amide bonds. The van der Waals surface area contributed by atoms with Gasteiger partial charge in [-0.25, -0.2) is 4.79 Å². The Morgan fingerprint density at radius 2 is 1.81 bits per heavy atom. The monoisotopic (exact) mass is 377 g/mol. The Morgan fingerprint density at radius 1 is 1.19 bits per heavy atom. The molecule has 8 nitrogen and oxygen atoms in total. The molecule has 1 rings (SSSR count). The minimum Gasteiger partial charge on any atom is -0.444 e. The van der Waals surface area contributed by atoms with Gasteiger partial charge in [-0.3, -0.25) is 9.69 Å². The van der Waals surface area contributed by atoms with Gasteiger partial charge in [0.15, 0.2) is 0 Å². The lowest BCUT2D eigenvalue weighted by atomic mass is 10.0.